The third-order valence-electron chi connectivity index (χ3n) is 3.89. The van der Waals surface area contributed by atoms with Gasteiger partial charge in [-0.15, -0.1) is 0 Å². The van der Waals surface area contributed by atoms with Gasteiger partial charge >= 0.3 is 0 Å². The van der Waals surface area contributed by atoms with E-state index in [0.717, 1.165) is 12.8 Å². The van der Waals surface area contributed by atoms with E-state index in [1.165, 1.54) is 24.3 Å². The Kier molecular flexibility index (Phi) is 5.36. The highest BCUT2D eigenvalue weighted by Crippen LogP contribution is 2.19. The molecule has 2 amide bonds. The van der Waals surface area contributed by atoms with Crippen LogP contribution in [0.15, 0.2) is 24.3 Å². The fourth-order valence-electron chi connectivity index (χ4n) is 2.61. The molecule has 2 rings (SSSR count). The van der Waals surface area contributed by atoms with Gasteiger partial charge in [0, 0.05) is 30.7 Å². The first-order valence-corrected chi connectivity index (χ1v) is 7.88. The van der Waals surface area contributed by atoms with Gasteiger partial charge in [-0.1, -0.05) is 0 Å². The molecule has 0 saturated carbocycles. The monoisotopic (exact) mass is 321 g/mol. The average Bonchev–Trinajstić information content (AvgIpc) is 2.52. The Hall–Kier alpha value is -1.95. The highest BCUT2D eigenvalue weighted by Gasteiger charge is 2.29. The summed E-state index contributed by atoms with van der Waals surface area (Å²) in [7, 11) is 0. The zero-order valence-electron chi connectivity index (χ0n) is 13.6. The van der Waals surface area contributed by atoms with E-state index in [1.54, 1.807) is 4.90 Å². The number of hydrogen-bond acceptors (Lipinski definition) is 3. The largest absolute Gasteiger partial charge is 0.354 e. The molecule has 0 aromatic heterocycles. The van der Waals surface area contributed by atoms with Gasteiger partial charge in [0.05, 0.1) is 5.92 Å². The second-order valence-corrected chi connectivity index (χ2v) is 6.80. The summed E-state index contributed by atoms with van der Waals surface area (Å²) >= 11 is 0. The Morgan fingerprint density at radius 1 is 1.35 bits per heavy atom. The minimum absolute atomic E-state index is 0.0693. The number of rotatable bonds is 4. The van der Waals surface area contributed by atoms with Crippen LogP contribution in [0.5, 0.6) is 0 Å². The lowest BCUT2D eigenvalue weighted by Crippen LogP contribution is -2.50. The molecule has 1 aliphatic rings. The van der Waals surface area contributed by atoms with Gasteiger partial charge < -0.3 is 16.0 Å². The lowest BCUT2D eigenvalue weighted by molar-refractivity contribution is -0.126. The topological polar surface area (TPSA) is 75.4 Å². The number of benzene rings is 1. The maximum absolute atomic E-state index is 13.0. The maximum Gasteiger partial charge on any atom is 0.253 e. The van der Waals surface area contributed by atoms with E-state index in [1.807, 2.05) is 13.8 Å². The van der Waals surface area contributed by atoms with Crippen LogP contribution in [0.4, 0.5) is 4.39 Å². The molecule has 1 heterocycles. The smallest absolute Gasteiger partial charge is 0.253 e. The van der Waals surface area contributed by atoms with Crippen molar-refractivity contribution in [2.45, 2.75) is 32.2 Å². The van der Waals surface area contributed by atoms with Crippen LogP contribution in [0.2, 0.25) is 0 Å². The lowest BCUT2D eigenvalue weighted by Gasteiger charge is -2.32. The van der Waals surface area contributed by atoms with Crippen LogP contribution in [-0.4, -0.2) is 41.9 Å². The second kappa shape index (κ2) is 7.08. The SMILES string of the molecule is CC(C)(N)CNC(=O)C1CCCN(C(=O)c2ccc(F)cc2)C1. The average molecular weight is 321 g/mol. The first-order chi connectivity index (χ1) is 10.8. The van der Waals surface area contributed by atoms with Crippen LogP contribution in [0.3, 0.4) is 0 Å². The molecule has 0 radical (unpaired) electrons. The van der Waals surface area contributed by atoms with Crippen molar-refractivity contribution >= 4 is 11.8 Å². The molecule has 1 aromatic carbocycles. The van der Waals surface area contributed by atoms with Crippen molar-refractivity contribution in [3.05, 3.63) is 35.6 Å². The summed E-state index contributed by atoms with van der Waals surface area (Å²) < 4.78 is 13.0. The number of nitrogens with zero attached hydrogens (tertiary/aromatic N) is 1. The number of halogens is 1. The van der Waals surface area contributed by atoms with Crippen molar-refractivity contribution in [1.82, 2.24) is 10.2 Å². The molecule has 1 aromatic rings. The number of amides is 2. The predicted octanol–water partition coefficient (Wildman–Crippen LogP) is 1.53. The molecule has 1 aliphatic heterocycles. The quantitative estimate of drug-likeness (QED) is 0.883. The number of carbonyl (C=O) groups is 2. The van der Waals surface area contributed by atoms with Crippen molar-refractivity contribution in [3.8, 4) is 0 Å². The molecule has 0 spiro atoms. The zero-order chi connectivity index (χ0) is 17.0. The third-order valence-corrected chi connectivity index (χ3v) is 3.89. The number of likely N-dealkylation sites (tertiary alicyclic amines) is 1. The van der Waals surface area contributed by atoms with E-state index in [-0.39, 0.29) is 23.5 Å². The number of hydrogen-bond donors (Lipinski definition) is 2. The van der Waals surface area contributed by atoms with Gasteiger partial charge in [0.15, 0.2) is 0 Å². The summed E-state index contributed by atoms with van der Waals surface area (Å²) in [5.41, 5.74) is 5.84. The van der Waals surface area contributed by atoms with E-state index in [9.17, 15) is 14.0 Å². The van der Waals surface area contributed by atoms with Gasteiger partial charge in [0.25, 0.3) is 5.91 Å². The molecule has 0 bridgehead atoms. The summed E-state index contributed by atoms with van der Waals surface area (Å²) in [6.07, 6.45) is 1.53. The molecule has 1 fully saturated rings. The molecule has 1 atom stereocenters. The molecule has 6 heteroatoms. The van der Waals surface area contributed by atoms with E-state index >= 15 is 0 Å². The first kappa shape index (κ1) is 17.4. The van der Waals surface area contributed by atoms with Crippen LogP contribution < -0.4 is 11.1 Å². The van der Waals surface area contributed by atoms with E-state index < -0.39 is 5.54 Å². The fraction of sp³-hybridized carbons (Fsp3) is 0.529. The van der Waals surface area contributed by atoms with E-state index in [4.69, 9.17) is 5.73 Å². The molecule has 1 unspecified atom stereocenters. The summed E-state index contributed by atoms with van der Waals surface area (Å²) in [5.74, 6) is -0.834. The molecule has 5 nitrogen and oxygen atoms in total. The summed E-state index contributed by atoms with van der Waals surface area (Å²) in [5, 5.41) is 2.85. The Morgan fingerprint density at radius 2 is 2.00 bits per heavy atom. The Bertz CT molecular complexity index is 566. The van der Waals surface area contributed by atoms with Gasteiger partial charge in [-0.3, -0.25) is 9.59 Å². The van der Waals surface area contributed by atoms with Crippen molar-refractivity contribution in [2.75, 3.05) is 19.6 Å². The lowest BCUT2D eigenvalue weighted by atomic mass is 9.96. The Labute approximate surface area is 136 Å². The predicted molar refractivity (Wildman–Crippen MR) is 86.3 cm³/mol. The standard InChI is InChI=1S/C17H24FN3O2/c1-17(2,19)11-20-15(22)13-4-3-9-21(10-13)16(23)12-5-7-14(18)8-6-12/h5-8,13H,3-4,9-11,19H2,1-2H3,(H,20,22). The van der Waals surface area contributed by atoms with Crippen LogP contribution in [0.25, 0.3) is 0 Å². The first-order valence-electron chi connectivity index (χ1n) is 7.88. The normalized spacial score (nSPS) is 18.6. The van der Waals surface area contributed by atoms with Crippen LogP contribution in [0.1, 0.15) is 37.0 Å². The number of nitrogens with two attached hydrogens (primary N) is 1. The van der Waals surface area contributed by atoms with Crippen LogP contribution in [0, 0.1) is 11.7 Å². The molecule has 3 N–H and O–H groups in total. The van der Waals surface area contributed by atoms with Gasteiger partial charge in [-0.2, -0.15) is 0 Å². The third kappa shape index (κ3) is 5.03. The van der Waals surface area contributed by atoms with Crippen molar-refractivity contribution in [3.63, 3.8) is 0 Å². The summed E-state index contributed by atoms with van der Waals surface area (Å²) in [6, 6.07) is 5.48. The van der Waals surface area contributed by atoms with Crippen LogP contribution in [-0.2, 0) is 4.79 Å². The maximum atomic E-state index is 13.0. The van der Waals surface area contributed by atoms with Crippen molar-refractivity contribution in [1.29, 1.82) is 0 Å². The van der Waals surface area contributed by atoms with E-state index in [0.29, 0.717) is 25.2 Å². The zero-order valence-corrected chi connectivity index (χ0v) is 13.6. The van der Waals surface area contributed by atoms with Gasteiger partial charge in [0.2, 0.25) is 5.91 Å². The minimum atomic E-state index is -0.464. The number of nitrogens with one attached hydrogen (secondary N) is 1. The van der Waals surface area contributed by atoms with Crippen LogP contribution >= 0.6 is 0 Å². The molecule has 1 saturated heterocycles. The summed E-state index contributed by atoms with van der Waals surface area (Å²) in [6.45, 7) is 5.08. The molecule has 126 valence electrons. The Morgan fingerprint density at radius 3 is 2.61 bits per heavy atom. The fourth-order valence-corrected chi connectivity index (χ4v) is 2.61. The number of piperidine rings is 1. The van der Waals surface area contributed by atoms with Crippen molar-refractivity contribution < 1.29 is 14.0 Å². The Balaban J connectivity index is 1.96. The van der Waals surface area contributed by atoms with Gasteiger partial charge in [-0.25, -0.2) is 4.39 Å². The van der Waals surface area contributed by atoms with E-state index in [2.05, 4.69) is 5.32 Å². The molecular formula is C17H24FN3O2. The minimum Gasteiger partial charge on any atom is -0.354 e. The second-order valence-electron chi connectivity index (χ2n) is 6.80. The molecule has 23 heavy (non-hydrogen) atoms. The summed E-state index contributed by atoms with van der Waals surface area (Å²) in [4.78, 5) is 26.3. The van der Waals surface area contributed by atoms with Crippen molar-refractivity contribution in [2.24, 2.45) is 11.7 Å². The highest BCUT2D eigenvalue weighted by atomic mass is 19.1. The molecular weight excluding hydrogens is 297 g/mol. The van der Waals surface area contributed by atoms with Gasteiger partial charge in [0.1, 0.15) is 5.82 Å². The van der Waals surface area contributed by atoms with Gasteiger partial charge in [-0.05, 0) is 51.0 Å². The highest BCUT2D eigenvalue weighted by molar-refractivity contribution is 5.94. The number of carbonyl (C=O) groups excluding carboxylic acids is 2. The molecule has 0 aliphatic carbocycles.